The maximum absolute atomic E-state index is 3.78. The number of hydrogen-bond acceptors (Lipinski definition) is 1. The summed E-state index contributed by atoms with van der Waals surface area (Å²) >= 11 is 0. The van der Waals surface area contributed by atoms with Crippen molar-refractivity contribution in [3.05, 3.63) is 114 Å². The molecule has 2 unspecified atom stereocenters. The van der Waals surface area contributed by atoms with Crippen molar-refractivity contribution in [1.29, 1.82) is 0 Å². The summed E-state index contributed by atoms with van der Waals surface area (Å²) < 4.78 is 0. The van der Waals surface area contributed by atoms with Gasteiger partial charge in [0.1, 0.15) is 0 Å². The van der Waals surface area contributed by atoms with E-state index in [-0.39, 0.29) is 6.04 Å². The molecule has 30 heavy (non-hydrogen) atoms. The molecule has 2 atom stereocenters. The molecule has 2 heterocycles. The number of nitrogens with one attached hydrogen (secondary N) is 1. The Hall–Kier alpha value is -3.78. The first-order valence-corrected chi connectivity index (χ1v) is 10.5. The third-order valence-electron chi connectivity index (χ3n) is 6.74. The average Bonchev–Trinajstić information content (AvgIpc) is 3.35. The molecule has 2 heteroatoms. The lowest BCUT2D eigenvalue weighted by molar-refractivity contribution is 0.654. The molecule has 0 amide bonds. The Morgan fingerprint density at radius 3 is 2.37 bits per heavy atom. The van der Waals surface area contributed by atoms with E-state index in [0.29, 0.717) is 5.92 Å². The fraction of sp³-hybridized carbons (Fsp3) is 0.0714. The number of aromatic nitrogens is 1. The van der Waals surface area contributed by atoms with E-state index in [1.54, 1.807) is 0 Å². The van der Waals surface area contributed by atoms with E-state index in [1.165, 1.54) is 49.9 Å². The van der Waals surface area contributed by atoms with Crippen LogP contribution in [0.15, 0.2) is 97.1 Å². The second-order valence-corrected chi connectivity index (χ2v) is 8.25. The highest BCUT2D eigenvalue weighted by atomic mass is 15.2. The van der Waals surface area contributed by atoms with E-state index < -0.39 is 0 Å². The molecular formula is C28H20N2. The summed E-state index contributed by atoms with van der Waals surface area (Å²) in [5.41, 5.74) is 7.83. The Labute approximate surface area is 175 Å². The number of benzene rings is 4. The number of nitrogens with zero attached hydrogens (tertiary/aromatic N) is 1. The first-order chi connectivity index (χ1) is 14.9. The Kier molecular flexibility index (Phi) is 3.14. The lowest BCUT2D eigenvalue weighted by Gasteiger charge is -2.31. The summed E-state index contributed by atoms with van der Waals surface area (Å²) in [7, 11) is 0. The van der Waals surface area contributed by atoms with Crippen LogP contribution in [0, 0.1) is 0 Å². The molecule has 2 nitrogen and oxygen atoms in total. The third-order valence-corrected chi connectivity index (χ3v) is 6.74. The van der Waals surface area contributed by atoms with Crippen LogP contribution in [0.1, 0.15) is 28.8 Å². The average molecular weight is 384 g/mol. The van der Waals surface area contributed by atoms with Crippen LogP contribution < -0.4 is 4.90 Å². The fourth-order valence-corrected chi connectivity index (χ4v) is 5.51. The summed E-state index contributed by atoms with van der Waals surface area (Å²) in [6, 6.07) is 33.0. The van der Waals surface area contributed by atoms with Gasteiger partial charge in [0.25, 0.3) is 0 Å². The molecule has 4 aromatic carbocycles. The molecule has 7 rings (SSSR count). The van der Waals surface area contributed by atoms with E-state index in [9.17, 15) is 0 Å². The summed E-state index contributed by atoms with van der Waals surface area (Å²) in [6.07, 6.45) is 4.75. The second kappa shape index (κ2) is 5.87. The second-order valence-electron chi connectivity index (χ2n) is 8.25. The Morgan fingerprint density at radius 2 is 1.47 bits per heavy atom. The number of H-pyrrole nitrogens is 1. The summed E-state index contributed by atoms with van der Waals surface area (Å²) in [4.78, 5) is 6.31. The molecule has 5 aromatic rings. The minimum atomic E-state index is 0.223. The molecule has 0 fully saturated rings. The van der Waals surface area contributed by atoms with Crippen LogP contribution >= 0.6 is 0 Å². The van der Waals surface area contributed by atoms with Crippen molar-refractivity contribution < 1.29 is 0 Å². The highest BCUT2D eigenvalue weighted by molar-refractivity contribution is 5.98. The van der Waals surface area contributed by atoms with Gasteiger partial charge in [-0.25, -0.2) is 0 Å². The van der Waals surface area contributed by atoms with Crippen molar-refractivity contribution in [3.8, 4) is 0 Å². The van der Waals surface area contributed by atoms with Crippen LogP contribution in [0.5, 0.6) is 0 Å². The molecule has 1 aliphatic carbocycles. The molecule has 0 radical (unpaired) electrons. The minimum absolute atomic E-state index is 0.223. The zero-order valence-corrected chi connectivity index (χ0v) is 16.4. The van der Waals surface area contributed by atoms with Gasteiger partial charge >= 0.3 is 0 Å². The van der Waals surface area contributed by atoms with E-state index in [1.807, 2.05) is 0 Å². The van der Waals surface area contributed by atoms with Gasteiger partial charge in [0.15, 0.2) is 0 Å². The Balaban J connectivity index is 1.56. The van der Waals surface area contributed by atoms with Gasteiger partial charge in [-0.3, -0.25) is 0 Å². The van der Waals surface area contributed by atoms with E-state index in [0.717, 1.165) is 0 Å². The van der Waals surface area contributed by atoms with Crippen molar-refractivity contribution in [1.82, 2.24) is 4.98 Å². The minimum Gasteiger partial charge on any atom is -0.356 e. The third kappa shape index (κ3) is 2.03. The molecule has 142 valence electrons. The topological polar surface area (TPSA) is 19.0 Å². The number of aromatic amines is 1. The van der Waals surface area contributed by atoms with Gasteiger partial charge in [-0.2, -0.15) is 0 Å². The largest absolute Gasteiger partial charge is 0.356 e. The predicted octanol–water partition coefficient (Wildman–Crippen LogP) is 7.32. The van der Waals surface area contributed by atoms with Crippen LogP contribution in [0.4, 0.5) is 11.4 Å². The molecule has 2 aliphatic rings. The van der Waals surface area contributed by atoms with Gasteiger partial charge in [0, 0.05) is 39.5 Å². The molecule has 0 bridgehead atoms. The van der Waals surface area contributed by atoms with E-state index in [4.69, 9.17) is 0 Å². The van der Waals surface area contributed by atoms with Crippen LogP contribution in [-0.2, 0) is 0 Å². The zero-order valence-electron chi connectivity index (χ0n) is 16.4. The van der Waals surface area contributed by atoms with Crippen LogP contribution in [0.3, 0.4) is 0 Å². The fourth-order valence-electron chi connectivity index (χ4n) is 5.51. The van der Waals surface area contributed by atoms with Crippen molar-refractivity contribution in [3.63, 3.8) is 0 Å². The van der Waals surface area contributed by atoms with E-state index in [2.05, 4.69) is 113 Å². The Morgan fingerprint density at radius 1 is 0.700 bits per heavy atom. The first-order valence-electron chi connectivity index (χ1n) is 10.5. The number of anilines is 2. The lowest BCUT2D eigenvalue weighted by atomic mass is 9.84. The zero-order chi connectivity index (χ0) is 19.7. The quantitative estimate of drug-likeness (QED) is 0.321. The van der Waals surface area contributed by atoms with Gasteiger partial charge in [-0.15, -0.1) is 0 Å². The molecule has 1 aromatic heterocycles. The van der Waals surface area contributed by atoms with Gasteiger partial charge in [0.05, 0.1) is 6.04 Å². The van der Waals surface area contributed by atoms with Gasteiger partial charge in [0.2, 0.25) is 0 Å². The first kappa shape index (κ1) is 16.1. The van der Waals surface area contributed by atoms with Crippen molar-refractivity contribution in [2.24, 2.45) is 0 Å². The normalized spacial score (nSPS) is 19.1. The molecule has 0 spiro atoms. The maximum Gasteiger partial charge on any atom is 0.0851 e. The molecular weight excluding hydrogens is 364 g/mol. The highest BCUT2D eigenvalue weighted by Gasteiger charge is 2.43. The lowest BCUT2D eigenvalue weighted by Crippen LogP contribution is -2.24. The summed E-state index contributed by atoms with van der Waals surface area (Å²) in [6.45, 7) is 0. The molecule has 1 aliphatic heterocycles. The van der Waals surface area contributed by atoms with Crippen molar-refractivity contribution in [2.45, 2.75) is 12.0 Å². The van der Waals surface area contributed by atoms with Crippen LogP contribution in [0.2, 0.25) is 0 Å². The number of para-hydroxylation sites is 2. The van der Waals surface area contributed by atoms with Crippen LogP contribution in [0.25, 0.3) is 27.8 Å². The maximum atomic E-state index is 3.78. The van der Waals surface area contributed by atoms with Crippen molar-refractivity contribution >= 4 is 39.1 Å². The summed E-state index contributed by atoms with van der Waals surface area (Å²) in [5.74, 6) is 0.312. The molecule has 0 saturated carbocycles. The smallest absolute Gasteiger partial charge is 0.0851 e. The predicted molar refractivity (Wildman–Crippen MR) is 125 cm³/mol. The highest BCUT2D eigenvalue weighted by Crippen LogP contribution is 2.57. The van der Waals surface area contributed by atoms with Gasteiger partial charge in [-0.1, -0.05) is 78.9 Å². The number of rotatable bonds is 1. The molecule has 0 saturated heterocycles. The van der Waals surface area contributed by atoms with Gasteiger partial charge in [-0.05, 0) is 40.6 Å². The summed E-state index contributed by atoms with van der Waals surface area (Å²) in [5, 5.41) is 3.96. The standard InChI is InChI=1S/C28H20N2/c1-2-9-19(10-3-1)30-25-17-14-18-8-4-5-11-20(18)26(25)23-16-15-22-21-12-6-7-13-24(21)29-27(22)28(23)30/h1-17,23,28-29H. The number of fused-ring (bicyclic) bond motifs is 9. The van der Waals surface area contributed by atoms with E-state index >= 15 is 0 Å². The Bertz CT molecular complexity index is 1460. The number of hydrogen-bond donors (Lipinski definition) is 1. The molecule has 1 N–H and O–H groups in total. The van der Waals surface area contributed by atoms with Crippen molar-refractivity contribution in [2.75, 3.05) is 4.90 Å². The van der Waals surface area contributed by atoms with Crippen LogP contribution in [-0.4, -0.2) is 4.98 Å². The van der Waals surface area contributed by atoms with Gasteiger partial charge < -0.3 is 9.88 Å². The monoisotopic (exact) mass is 384 g/mol. The SMILES string of the molecule is C1=CC2c3c(ccc4ccccc34)N(c3ccccc3)C2c2[nH]c3ccccc3c21.